The molecule has 4 rings (SSSR count). The van der Waals surface area contributed by atoms with Crippen LogP contribution in [0.5, 0.6) is 0 Å². The lowest BCUT2D eigenvalue weighted by molar-refractivity contribution is -0.186. The number of aliphatic hydroxyl groups excluding tert-OH is 2. The van der Waals surface area contributed by atoms with Gasteiger partial charge in [-0.05, 0) is 19.3 Å². The summed E-state index contributed by atoms with van der Waals surface area (Å²) in [6.07, 6.45) is 0.405. The maximum Gasteiger partial charge on any atom is 0.334 e. The van der Waals surface area contributed by atoms with Gasteiger partial charge >= 0.3 is 5.97 Å². The van der Waals surface area contributed by atoms with Gasteiger partial charge in [-0.1, -0.05) is 13.5 Å². The van der Waals surface area contributed by atoms with Crippen LogP contribution in [0.3, 0.4) is 0 Å². The fraction of sp³-hybridized carbons (Fsp3) is 0.800. The first kappa shape index (κ1) is 12.8. The molecule has 4 fully saturated rings. The lowest BCUT2D eigenvalue weighted by Crippen LogP contribution is -2.62. The van der Waals surface area contributed by atoms with Crippen LogP contribution in [0, 0.1) is 17.3 Å². The number of carbonyl (C=O) groups excluding carboxylic acids is 1. The van der Waals surface area contributed by atoms with Gasteiger partial charge in [-0.25, -0.2) is 4.79 Å². The number of rotatable bonds is 0. The van der Waals surface area contributed by atoms with E-state index in [1.54, 1.807) is 0 Å². The highest BCUT2D eigenvalue weighted by atomic mass is 16.6. The highest BCUT2D eigenvalue weighted by molar-refractivity contribution is 5.91. The topological polar surface area (TPSA) is 79.3 Å². The number of carbonyl (C=O) groups is 1. The lowest BCUT2D eigenvalue weighted by Gasteiger charge is -2.55. The third-order valence-electron chi connectivity index (χ3n) is 6.07. The second-order valence-electron chi connectivity index (χ2n) is 7.08. The molecule has 5 nitrogen and oxygen atoms in total. The molecule has 2 aliphatic heterocycles. The van der Waals surface area contributed by atoms with Gasteiger partial charge in [0.2, 0.25) is 0 Å². The molecule has 110 valence electrons. The smallest absolute Gasteiger partial charge is 0.334 e. The van der Waals surface area contributed by atoms with E-state index in [9.17, 15) is 15.0 Å². The van der Waals surface area contributed by atoms with E-state index in [2.05, 4.69) is 6.58 Å². The average Bonchev–Trinajstić information content (AvgIpc) is 3.08. The first-order chi connectivity index (χ1) is 9.39. The molecule has 2 aliphatic carbocycles. The molecular weight excluding hydrogens is 260 g/mol. The normalized spacial score (nSPS) is 57.2. The summed E-state index contributed by atoms with van der Waals surface area (Å²) in [6, 6.07) is 0. The first-order valence-corrected chi connectivity index (χ1v) is 7.29. The number of hydrogen-bond donors (Lipinski definition) is 2. The molecule has 0 aromatic heterocycles. The van der Waals surface area contributed by atoms with Crippen LogP contribution in [0.15, 0.2) is 12.2 Å². The molecule has 0 amide bonds. The summed E-state index contributed by atoms with van der Waals surface area (Å²) >= 11 is 0. The molecule has 0 radical (unpaired) electrons. The van der Waals surface area contributed by atoms with E-state index in [0.29, 0.717) is 25.0 Å². The van der Waals surface area contributed by atoms with E-state index >= 15 is 0 Å². The third kappa shape index (κ3) is 1.36. The van der Waals surface area contributed by atoms with Gasteiger partial charge in [0.1, 0.15) is 6.10 Å². The highest BCUT2D eigenvalue weighted by Crippen LogP contribution is 2.62. The number of hydrogen-bond acceptors (Lipinski definition) is 5. The van der Waals surface area contributed by atoms with Crippen LogP contribution in [-0.4, -0.2) is 46.7 Å². The maximum absolute atomic E-state index is 11.7. The van der Waals surface area contributed by atoms with Crippen molar-refractivity contribution in [3.05, 3.63) is 12.2 Å². The van der Waals surface area contributed by atoms with Crippen molar-refractivity contribution in [2.45, 2.75) is 50.1 Å². The Hall–Kier alpha value is -0.910. The molecule has 2 N–H and O–H groups in total. The Bertz CT molecular complexity index is 496. The predicted molar refractivity (Wildman–Crippen MR) is 68.7 cm³/mol. The van der Waals surface area contributed by atoms with Crippen LogP contribution in [0.4, 0.5) is 0 Å². The minimum atomic E-state index is -0.741. The summed E-state index contributed by atoms with van der Waals surface area (Å²) in [4.78, 5) is 11.7. The lowest BCUT2D eigenvalue weighted by atomic mass is 9.51. The van der Waals surface area contributed by atoms with Crippen LogP contribution in [0.25, 0.3) is 0 Å². The van der Waals surface area contributed by atoms with Crippen molar-refractivity contribution in [2.24, 2.45) is 17.3 Å². The third-order valence-corrected chi connectivity index (χ3v) is 6.07. The molecule has 20 heavy (non-hydrogen) atoms. The molecule has 0 unspecified atom stereocenters. The van der Waals surface area contributed by atoms with Gasteiger partial charge in [-0.3, -0.25) is 0 Å². The van der Waals surface area contributed by atoms with Crippen LogP contribution >= 0.6 is 0 Å². The Balaban J connectivity index is 1.77. The van der Waals surface area contributed by atoms with Gasteiger partial charge in [0, 0.05) is 16.9 Å². The number of epoxide rings is 1. The van der Waals surface area contributed by atoms with E-state index < -0.39 is 23.6 Å². The summed E-state index contributed by atoms with van der Waals surface area (Å²) < 4.78 is 11.0. The van der Waals surface area contributed by atoms with Crippen molar-refractivity contribution in [1.82, 2.24) is 0 Å². The number of aliphatic hydroxyl groups is 2. The minimum Gasteiger partial charge on any atom is -0.458 e. The van der Waals surface area contributed by atoms with Gasteiger partial charge in [-0.15, -0.1) is 0 Å². The predicted octanol–water partition coefficient (Wildman–Crippen LogP) is 0.395. The van der Waals surface area contributed by atoms with Crippen molar-refractivity contribution in [2.75, 3.05) is 6.61 Å². The van der Waals surface area contributed by atoms with Crippen LogP contribution in [-0.2, 0) is 14.3 Å². The van der Waals surface area contributed by atoms with E-state index in [-0.39, 0.29) is 23.5 Å². The minimum absolute atomic E-state index is 0.161. The zero-order valence-corrected chi connectivity index (χ0v) is 11.5. The van der Waals surface area contributed by atoms with Crippen molar-refractivity contribution < 1.29 is 24.5 Å². The van der Waals surface area contributed by atoms with Crippen molar-refractivity contribution >= 4 is 5.97 Å². The fourth-order valence-corrected chi connectivity index (χ4v) is 4.94. The molecule has 2 saturated heterocycles. The Morgan fingerprint density at radius 1 is 1.40 bits per heavy atom. The molecule has 2 saturated carbocycles. The summed E-state index contributed by atoms with van der Waals surface area (Å²) in [7, 11) is 0. The maximum atomic E-state index is 11.7. The van der Waals surface area contributed by atoms with Crippen LogP contribution < -0.4 is 0 Å². The summed E-state index contributed by atoms with van der Waals surface area (Å²) in [5.74, 6) is -0.931. The zero-order chi connectivity index (χ0) is 14.3. The Labute approximate surface area is 117 Å². The van der Waals surface area contributed by atoms with Gasteiger partial charge in [0.25, 0.3) is 0 Å². The SMILES string of the molecule is C=C1C(=O)O[C@H]2C[C@@]3(C)[C@H](O)CC[C@]4(CO4)[C@@H]3[C@@H](O)[C@H]12. The molecule has 1 spiro atoms. The van der Waals surface area contributed by atoms with Gasteiger partial charge in [0.15, 0.2) is 0 Å². The van der Waals surface area contributed by atoms with Gasteiger partial charge in [0.05, 0.1) is 30.3 Å². The van der Waals surface area contributed by atoms with E-state index in [0.717, 1.165) is 6.42 Å². The van der Waals surface area contributed by atoms with E-state index in [1.807, 2.05) is 6.92 Å². The van der Waals surface area contributed by atoms with E-state index in [4.69, 9.17) is 9.47 Å². The molecular formula is C15H20O5. The highest BCUT2D eigenvalue weighted by Gasteiger charge is 2.70. The average molecular weight is 280 g/mol. The second kappa shape index (κ2) is 3.64. The van der Waals surface area contributed by atoms with Crippen molar-refractivity contribution in [3.63, 3.8) is 0 Å². The monoisotopic (exact) mass is 280 g/mol. The zero-order valence-electron chi connectivity index (χ0n) is 11.5. The fourth-order valence-electron chi connectivity index (χ4n) is 4.94. The molecule has 5 heteroatoms. The quantitative estimate of drug-likeness (QED) is 0.381. The molecule has 0 aromatic rings. The van der Waals surface area contributed by atoms with Crippen LogP contribution in [0.2, 0.25) is 0 Å². The molecule has 0 bridgehead atoms. The second-order valence-corrected chi connectivity index (χ2v) is 7.08. The van der Waals surface area contributed by atoms with Crippen LogP contribution in [0.1, 0.15) is 26.2 Å². The van der Waals surface area contributed by atoms with Gasteiger partial charge < -0.3 is 19.7 Å². The molecule has 7 atom stereocenters. The van der Waals surface area contributed by atoms with Crippen molar-refractivity contribution in [1.29, 1.82) is 0 Å². The standard InChI is InChI=1S/C15H20O5/c1-7-10-8(20-13(7)18)5-14(2)9(16)3-4-15(6-19-15)12(14)11(10)17/h8-12,16-17H,1,3-6H2,2H3/t8-,9+,10+,11-,12+,14-,15-/m0/s1. The Morgan fingerprint density at radius 3 is 2.75 bits per heavy atom. The summed E-state index contributed by atoms with van der Waals surface area (Å²) in [6.45, 7) is 6.40. The molecule has 0 aromatic carbocycles. The molecule has 4 aliphatic rings. The number of esters is 1. The van der Waals surface area contributed by atoms with Crippen molar-refractivity contribution in [3.8, 4) is 0 Å². The number of ether oxygens (including phenoxy) is 2. The van der Waals surface area contributed by atoms with Gasteiger partial charge in [-0.2, -0.15) is 0 Å². The molecule has 2 heterocycles. The Morgan fingerprint density at radius 2 is 2.10 bits per heavy atom. The Kier molecular flexibility index (Phi) is 2.33. The first-order valence-electron chi connectivity index (χ1n) is 7.29. The van der Waals surface area contributed by atoms with E-state index in [1.165, 1.54) is 0 Å². The summed E-state index contributed by atoms with van der Waals surface area (Å²) in [5, 5.41) is 21.3. The number of fused-ring (bicyclic) bond motifs is 3. The largest absolute Gasteiger partial charge is 0.458 e. The summed E-state index contributed by atoms with van der Waals surface area (Å²) in [5.41, 5.74) is -0.426.